The standard InChI is InChI=1S/C16H14F4N6O/c1-10-6-13(16(18,19)20)26(23-10)8-14(27)22-15-21-9-25(24-15)7-11-4-2-3-5-12(11)17/h2-6,9H,7-8H2,1H3,(H,22,24,27). The maximum Gasteiger partial charge on any atom is 0.433 e. The highest BCUT2D eigenvalue weighted by atomic mass is 19.4. The summed E-state index contributed by atoms with van der Waals surface area (Å²) in [4.78, 5) is 15.8. The van der Waals surface area contributed by atoms with Crippen LogP contribution in [-0.4, -0.2) is 30.5 Å². The number of alkyl halides is 3. The van der Waals surface area contributed by atoms with Gasteiger partial charge in [-0.3, -0.25) is 14.8 Å². The van der Waals surface area contributed by atoms with E-state index in [1.807, 2.05) is 0 Å². The molecule has 7 nitrogen and oxygen atoms in total. The van der Waals surface area contributed by atoms with Crippen LogP contribution in [0.25, 0.3) is 0 Å². The minimum atomic E-state index is -4.62. The van der Waals surface area contributed by atoms with Gasteiger partial charge in [-0.1, -0.05) is 18.2 Å². The average molecular weight is 382 g/mol. The molecule has 3 rings (SSSR count). The first kappa shape index (κ1) is 18.5. The van der Waals surface area contributed by atoms with Gasteiger partial charge < -0.3 is 0 Å². The molecule has 0 fully saturated rings. The van der Waals surface area contributed by atoms with E-state index in [0.717, 1.165) is 6.07 Å². The van der Waals surface area contributed by atoms with Crippen molar-refractivity contribution in [2.24, 2.45) is 0 Å². The van der Waals surface area contributed by atoms with Gasteiger partial charge in [0.15, 0.2) is 0 Å². The number of carbonyl (C=O) groups excluding carboxylic acids is 1. The third-order valence-corrected chi connectivity index (χ3v) is 3.56. The van der Waals surface area contributed by atoms with Gasteiger partial charge in [-0.2, -0.15) is 18.3 Å². The highest BCUT2D eigenvalue weighted by molar-refractivity contribution is 5.88. The van der Waals surface area contributed by atoms with Crippen molar-refractivity contribution in [3.63, 3.8) is 0 Å². The van der Waals surface area contributed by atoms with Crippen LogP contribution in [0.1, 0.15) is 17.0 Å². The largest absolute Gasteiger partial charge is 0.433 e. The number of nitrogens with one attached hydrogen (secondary N) is 1. The molecular formula is C16H14F4N6O. The predicted octanol–water partition coefficient (Wildman–Crippen LogP) is 2.63. The minimum absolute atomic E-state index is 0.0894. The predicted molar refractivity (Wildman–Crippen MR) is 86.1 cm³/mol. The summed E-state index contributed by atoms with van der Waals surface area (Å²) in [5.41, 5.74) is -0.502. The molecule has 27 heavy (non-hydrogen) atoms. The van der Waals surface area contributed by atoms with E-state index in [0.29, 0.717) is 10.2 Å². The molecule has 1 N–H and O–H groups in total. The van der Waals surface area contributed by atoms with Gasteiger partial charge in [-0.25, -0.2) is 14.1 Å². The van der Waals surface area contributed by atoms with Gasteiger partial charge in [-0.15, -0.1) is 5.10 Å². The monoisotopic (exact) mass is 382 g/mol. The first-order valence-corrected chi connectivity index (χ1v) is 7.77. The number of rotatable bonds is 5. The van der Waals surface area contributed by atoms with Crippen molar-refractivity contribution >= 4 is 11.9 Å². The van der Waals surface area contributed by atoms with E-state index in [1.54, 1.807) is 18.2 Å². The highest BCUT2D eigenvalue weighted by Crippen LogP contribution is 2.29. The van der Waals surface area contributed by atoms with Crippen molar-refractivity contribution in [2.45, 2.75) is 26.2 Å². The van der Waals surface area contributed by atoms with Crippen molar-refractivity contribution in [1.29, 1.82) is 0 Å². The number of hydrogen-bond donors (Lipinski definition) is 1. The van der Waals surface area contributed by atoms with Gasteiger partial charge in [0.25, 0.3) is 0 Å². The Kier molecular flexibility index (Phi) is 4.93. The summed E-state index contributed by atoms with van der Waals surface area (Å²) in [6, 6.07) is 6.96. The Hall–Kier alpha value is -3.24. The van der Waals surface area contributed by atoms with E-state index >= 15 is 0 Å². The molecular weight excluding hydrogens is 368 g/mol. The van der Waals surface area contributed by atoms with Crippen molar-refractivity contribution in [3.05, 3.63) is 59.4 Å². The fourth-order valence-corrected chi connectivity index (χ4v) is 2.42. The molecule has 1 aromatic carbocycles. The van der Waals surface area contributed by atoms with Crippen LogP contribution in [0, 0.1) is 12.7 Å². The van der Waals surface area contributed by atoms with Crippen LogP contribution in [0.3, 0.4) is 0 Å². The number of halogens is 4. The topological polar surface area (TPSA) is 77.6 Å². The average Bonchev–Trinajstić information content (AvgIpc) is 3.15. The Morgan fingerprint density at radius 3 is 2.67 bits per heavy atom. The smallest absolute Gasteiger partial charge is 0.292 e. The number of amides is 1. The summed E-state index contributed by atoms with van der Waals surface area (Å²) < 4.78 is 54.3. The molecule has 0 atom stereocenters. The number of aromatic nitrogens is 5. The second kappa shape index (κ2) is 7.17. The Labute approximate surface area is 150 Å². The van der Waals surface area contributed by atoms with E-state index in [1.165, 1.54) is 24.0 Å². The molecule has 0 aliphatic heterocycles. The minimum Gasteiger partial charge on any atom is -0.292 e. The highest BCUT2D eigenvalue weighted by Gasteiger charge is 2.35. The summed E-state index contributed by atoms with van der Waals surface area (Å²) in [6.45, 7) is 0.840. The summed E-state index contributed by atoms with van der Waals surface area (Å²) >= 11 is 0. The number of aryl methyl sites for hydroxylation is 1. The van der Waals surface area contributed by atoms with Crippen LogP contribution in [0.5, 0.6) is 0 Å². The van der Waals surface area contributed by atoms with Gasteiger partial charge in [0, 0.05) is 5.56 Å². The molecule has 0 aliphatic rings. The van der Waals surface area contributed by atoms with Crippen molar-refractivity contribution in [1.82, 2.24) is 24.5 Å². The second-order valence-electron chi connectivity index (χ2n) is 5.73. The molecule has 0 radical (unpaired) electrons. The molecule has 0 saturated carbocycles. The molecule has 1 amide bonds. The van der Waals surface area contributed by atoms with E-state index in [2.05, 4.69) is 20.5 Å². The lowest BCUT2D eigenvalue weighted by Gasteiger charge is -2.09. The normalized spacial score (nSPS) is 11.6. The quantitative estimate of drug-likeness (QED) is 0.689. The van der Waals surface area contributed by atoms with E-state index < -0.39 is 30.1 Å². The third kappa shape index (κ3) is 4.49. The molecule has 3 aromatic rings. The lowest BCUT2D eigenvalue weighted by molar-refractivity contribution is -0.144. The van der Waals surface area contributed by atoms with Crippen LogP contribution in [-0.2, 0) is 24.1 Å². The molecule has 2 heterocycles. The van der Waals surface area contributed by atoms with Gasteiger partial charge in [0.1, 0.15) is 24.4 Å². The lowest BCUT2D eigenvalue weighted by atomic mass is 10.2. The van der Waals surface area contributed by atoms with E-state index in [9.17, 15) is 22.4 Å². The first-order chi connectivity index (χ1) is 12.7. The molecule has 0 saturated heterocycles. The van der Waals surface area contributed by atoms with E-state index in [4.69, 9.17) is 0 Å². The van der Waals surface area contributed by atoms with Gasteiger partial charge in [0.2, 0.25) is 11.9 Å². The summed E-state index contributed by atoms with van der Waals surface area (Å²) in [5.74, 6) is -1.28. The van der Waals surface area contributed by atoms with Gasteiger partial charge in [-0.05, 0) is 19.1 Å². The van der Waals surface area contributed by atoms with Gasteiger partial charge in [0.05, 0.1) is 12.2 Å². The fraction of sp³-hybridized carbons (Fsp3) is 0.250. The number of anilines is 1. The maximum atomic E-state index is 13.6. The zero-order valence-corrected chi connectivity index (χ0v) is 14.0. The fourth-order valence-electron chi connectivity index (χ4n) is 2.42. The molecule has 11 heteroatoms. The number of nitrogens with zero attached hydrogens (tertiary/aromatic N) is 5. The zero-order valence-electron chi connectivity index (χ0n) is 14.0. The molecule has 142 valence electrons. The van der Waals surface area contributed by atoms with Crippen LogP contribution < -0.4 is 5.32 Å². The second-order valence-corrected chi connectivity index (χ2v) is 5.73. The number of benzene rings is 1. The Morgan fingerprint density at radius 2 is 1.96 bits per heavy atom. The Morgan fingerprint density at radius 1 is 1.22 bits per heavy atom. The van der Waals surface area contributed by atoms with Crippen molar-refractivity contribution < 1.29 is 22.4 Å². The molecule has 0 unspecified atom stereocenters. The lowest BCUT2D eigenvalue weighted by Crippen LogP contribution is -2.24. The van der Waals surface area contributed by atoms with Crippen LogP contribution >= 0.6 is 0 Å². The van der Waals surface area contributed by atoms with Crippen LogP contribution in [0.4, 0.5) is 23.5 Å². The summed E-state index contributed by atoms with van der Waals surface area (Å²) in [6.07, 6.45) is -3.34. The van der Waals surface area contributed by atoms with Crippen LogP contribution in [0.2, 0.25) is 0 Å². The number of hydrogen-bond acceptors (Lipinski definition) is 4. The Balaban J connectivity index is 1.66. The van der Waals surface area contributed by atoms with Gasteiger partial charge >= 0.3 is 6.18 Å². The third-order valence-electron chi connectivity index (χ3n) is 3.56. The number of carbonyl (C=O) groups is 1. The molecule has 0 bridgehead atoms. The molecule has 0 spiro atoms. The maximum absolute atomic E-state index is 13.6. The van der Waals surface area contributed by atoms with Crippen LogP contribution in [0.15, 0.2) is 36.7 Å². The zero-order chi connectivity index (χ0) is 19.6. The first-order valence-electron chi connectivity index (χ1n) is 7.77. The van der Waals surface area contributed by atoms with E-state index in [-0.39, 0.29) is 18.2 Å². The molecule has 2 aromatic heterocycles. The summed E-state index contributed by atoms with van der Waals surface area (Å²) in [5, 5.41) is 9.93. The summed E-state index contributed by atoms with van der Waals surface area (Å²) in [7, 11) is 0. The van der Waals surface area contributed by atoms with Crippen molar-refractivity contribution in [2.75, 3.05) is 5.32 Å². The SMILES string of the molecule is Cc1cc(C(F)(F)F)n(CC(=O)Nc2ncn(Cc3ccccc3F)n2)n1. The Bertz CT molecular complexity index is 962. The van der Waals surface area contributed by atoms with Crippen molar-refractivity contribution in [3.8, 4) is 0 Å². The molecule has 0 aliphatic carbocycles.